The van der Waals surface area contributed by atoms with Crippen molar-refractivity contribution in [3.63, 3.8) is 0 Å². The maximum Gasteiger partial charge on any atom is 0.334 e. The van der Waals surface area contributed by atoms with Gasteiger partial charge in [-0.05, 0) is 32.4 Å². The largest absolute Gasteiger partial charge is 0.486 e. The fraction of sp³-hybridized carbons (Fsp3) is 0.318. The fourth-order valence-corrected chi connectivity index (χ4v) is 3.98. The maximum atomic E-state index is 12.3. The molecule has 2 aliphatic heterocycles. The highest BCUT2D eigenvalue weighted by Gasteiger charge is 2.39. The van der Waals surface area contributed by atoms with Gasteiger partial charge in [-0.3, -0.25) is 0 Å². The molecule has 0 spiro atoms. The van der Waals surface area contributed by atoms with Crippen molar-refractivity contribution in [2.24, 2.45) is 0 Å². The van der Waals surface area contributed by atoms with Crippen molar-refractivity contribution >= 4 is 11.7 Å². The number of aliphatic carboxylic acids is 1. The summed E-state index contributed by atoms with van der Waals surface area (Å²) in [6.07, 6.45) is 1.70. The quantitative estimate of drug-likeness (QED) is 0.793. The third kappa shape index (κ3) is 2.99. The molecular weight excluding hydrogens is 386 g/mol. The number of anilines is 1. The molecule has 8 heteroatoms. The van der Waals surface area contributed by atoms with Crippen LogP contribution < -0.4 is 19.5 Å². The lowest BCUT2D eigenvalue weighted by Gasteiger charge is -2.33. The first kappa shape index (κ1) is 19.6. The Morgan fingerprint density at radius 3 is 2.73 bits per heavy atom. The molecule has 8 nitrogen and oxygen atoms in total. The minimum Gasteiger partial charge on any atom is -0.486 e. The second kappa shape index (κ2) is 7.59. The van der Waals surface area contributed by atoms with Crippen molar-refractivity contribution in [2.45, 2.75) is 26.7 Å². The van der Waals surface area contributed by atoms with E-state index in [4.69, 9.17) is 14.2 Å². The summed E-state index contributed by atoms with van der Waals surface area (Å²) >= 11 is 0. The Balaban J connectivity index is 2.05. The van der Waals surface area contributed by atoms with Gasteiger partial charge in [0.15, 0.2) is 11.5 Å². The van der Waals surface area contributed by atoms with Gasteiger partial charge in [-0.2, -0.15) is 5.26 Å². The second-order valence-electron chi connectivity index (χ2n) is 7.04. The van der Waals surface area contributed by atoms with E-state index in [0.717, 1.165) is 11.3 Å². The normalized spacial score (nSPS) is 16.9. The molecule has 0 amide bonds. The predicted octanol–water partition coefficient (Wildman–Crippen LogP) is 3.35. The van der Waals surface area contributed by atoms with Gasteiger partial charge >= 0.3 is 5.97 Å². The number of allylic oxidation sites excluding steroid dienone is 1. The third-order valence-corrected chi connectivity index (χ3v) is 5.23. The summed E-state index contributed by atoms with van der Waals surface area (Å²) in [5, 5.41) is 22.7. The lowest BCUT2D eigenvalue weighted by atomic mass is 9.79. The lowest BCUT2D eigenvalue weighted by Crippen LogP contribution is -2.26. The minimum atomic E-state index is -1.06. The van der Waals surface area contributed by atoms with Gasteiger partial charge in [-0.1, -0.05) is 6.07 Å². The molecule has 3 heterocycles. The molecule has 1 unspecified atom stereocenters. The van der Waals surface area contributed by atoms with E-state index in [1.165, 1.54) is 0 Å². The van der Waals surface area contributed by atoms with Gasteiger partial charge < -0.3 is 24.6 Å². The maximum absolute atomic E-state index is 12.3. The molecule has 2 N–H and O–H groups in total. The summed E-state index contributed by atoms with van der Waals surface area (Å²) in [6, 6.07) is 5.46. The SMILES string of the molecule is CCOc1ncc(C)c2c1C(c1ccc(C#N)c3c1OCCO3)C(C(=O)O)=C(C)N2. The molecule has 2 aromatic rings. The molecule has 2 aliphatic rings. The molecule has 4 rings (SSSR count). The number of benzene rings is 1. The average molecular weight is 407 g/mol. The third-order valence-electron chi connectivity index (χ3n) is 5.23. The number of nitriles is 1. The smallest absolute Gasteiger partial charge is 0.334 e. The number of pyridine rings is 1. The van der Waals surface area contributed by atoms with Gasteiger partial charge in [0.25, 0.3) is 0 Å². The highest BCUT2D eigenvalue weighted by Crippen LogP contribution is 2.51. The number of nitrogens with one attached hydrogen (secondary N) is 1. The minimum absolute atomic E-state index is 0.164. The second-order valence-corrected chi connectivity index (χ2v) is 7.04. The van der Waals surface area contributed by atoms with Crippen LogP contribution in [-0.4, -0.2) is 35.9 Å². The van der Waals surface area contributed by atoms with Crippen LogP contribution in [0.5, 0.6) is 17.4 Å². The van der Waals surface area contributed by atoms with E-state index in [2.05, 4.69) is 16.4 Å². The zero-order chi connectivity index (χ0) is 21.4. The van der Waals surface area contributed by atoms with Crippen molar-refractivity contribution < 1.29 is 24.1 Å². The van der Waals surface area contributed by atoms with Gasteiger partial charge in [-0.25, -0.2) is 9.78 Å². The van der Waals surface area contributed by atoms with Crippen LogP contribution in [0.2, 0.25) is 0 Å². The lowest BCUT2D eigenvalue weighted by molar-refractivity contribution is -0.133. The van der Waals surface area contributed by atoms with Crippen molar-refractivity contribution in [2.75, 3.05) is 25.1 Å². The standard InChI is InChI=1S/C22H21N3O5/c1-4-28-21-17-16(14-6-5-13(9-23)19-20(14)30-8-7-29-19)15(22(26)27)12(3)25-18(17)11(2)10-24-21/h5-6,10,16,25H,4,7-8H2,1-3H3,(H,26,27). The van der Waals surface area contributed by atoms with Gasteiger partial charge in [0.1, 0.15) is 19.3 Å². The number of hydrogen-bond acceptors (Lipinski definition) is 7. The fourth-order valence-electron chi connectivity index (χ4n) is 3.98. The number of hydrogen-bond donors (Lipinski definition) is 2. The molecule has 1 atom stereocenters. The Morgan fingerprint density at radius 1 is 1.33 bits per heavy atom. The van der Waals surface area contributed by atoms with Gasteiger partial charge in [0.05, 0.1) is 34.9 Å². The van der Waals surface area contributed by atoms with E-state index < -0.39 is 11.9 Å². The summed E-state index contributed by atoms with van der Waals surface area (Å²) in [7, 11) is 0. The Labute approximate surface area is 173 Å². The summed E-state index contributed by atoms with van der Waals surface area (Å²) in [6.45, 7) is 6.48. The molecule has 0 fully saturated rings. The van der Waals surface area contributed by atoms with E-state index in [1.807, 2.05) is 13.8 Å². The first-order chi connectivity index (χ1) is 14.5. The number of aryl methyl sites for hydroxylation is 1. The van der Waals surface area contributed by atoms with Crippen LogP contribution >= 0.6 is 0 Å². The summed E-state index contributed by atoms with van der Waals surface area (Å²) < 4.78 is 17.4. The first-order valence-electron chi connectivity index (χ1n) is 9.63. The van der Waals surface area contributed by atoms with Gasteiger partial charge in [0, 0.05) is 17.5 Å². The number of nitrogens with zero attached hydrogens (tertiary/aromatic N) is 2. The van der Waals surface area contributed by atoms with Gasteiger partial charge in [0.2, 0.25) is 5.88 Å². The van der Waals surface area contributed by atoms with E-state index in [1.54, 1.807) is 25.3 Å². The van der Waals surface area contributed by atoms with Crippen molar-refractivity contribution in [1.29, 1.82) is 5.26 Å². The molecule has 0 bridgehead atoms. The van der Waals surface area contributed by atoms with Crippen LogP contribution in [-0.2, 0) is 4.79 Å². The van der Waals surface area contributed by atoms with E-state index >= 15 is 0 Å². The molecule has 0 saturated heterocycles. The summed E-state index contributed by atoms with van der Waals surface area (Å²) in [5.41, 5.74) is 3.87. The van der Waals surface area contributed by atoms with Gasteiger partial charge in [-0.15, -0.1) is 0 Å². The number of carbonyl (C=O) groups is 1. The van der Waals surface area contributed by atoms with Crippen LogP contribution in [0, 0.1) is 18.3 Å². The van der Waals surface area contributed by atoms with E-state index in [9.17, 15) is 15.2 Å². The summed E-state index contributed by atoms with van der Waals surface area (Å²) in [4.78, 5) is 16.7. The topological polar surface area (TPSA) is 114 Å². The number of carboxylic acids is 1. The monoisotopic (exact) mass is 407 g/mol. The number of ether oxygens (including phenoxy) is 3. The van der Waals surface area contributed by atoms with Crippen molar-refractivity contribution in [3.05, 3.63) is 51.9 Å². The summed E-state index contributed by atoms with van der Waals surface area (Å²) in [5.74, 6) is -0.696. The predicted molar refractivity (Wildman–Crippen MR) is 108 cm³/mol. The highest BCUT2D eigenvalue weighted by molar-refractivity contribution is 5.94. The van der Waals surface area contributed by atoms with Crippen LogP contribution in [0.15, 0.2) is 29.6 Å². The molecular formula is C22H21N3O5. The average Bonchev–Trinajstić information content (AvgIpc) is 2.74. The Bertz CT molecular complexity index is 1120. The van der Waals surface area contributed by atoms with E-state index in [-0.39, 0.29) is 5.57 Å². The van der Waals surface area contributed by atoms with Crippen LogP contribution in [0.4, 0.5) is 5.69 Å². The Morgan fingerprint density at radius 2 is 2.07 bits per heavy atom. The zero-order valence-electron chi connectivity index (χ0n) is 16.9. The Kier molecular flexibility index (Phi) is 4.96. The zero-order valence-corrected chi connectivity index (χ0v) is 16.9. The first-order valence-corrected chi connectivity index (χ1v) is 9.63. The molecule has 30 heavy (non-hydrogen) atoms. The number of rotatable bonds is 4. The van der Waals surface area contributed by atoms with Crippen molar-refractivity contribution in [1.82, 2.24) is 4.98 Å². The molecule has 0 saturated carbocycles. The molecule has 0 radical (unpaired) electrons. The number of fused-ring (bicyclic) bond motifs is 2. The molecule has 154 valence electrons. The number of aromatic nitrogens is 1. The molecule has 1 aromatic carbocycles. The van der Waals surface area contributed by atoms with Crippen LogP contribution in [0.1, 0.15) is 42.0 Å². The van der Waals surface area contributed by atoms with Crippen LogP contribution in [0.25, 0.3) is 0 Å². The molecule has 0 aliphatic carbocycles. The van der Waals surface area contributed by atoms with Crippen LogP contribution in [0.3, 0.4) is 0 Å². The van der Waals surface area contributed by atoms with Crippen molar-refractivity contribution in [3.8, 4) is 23.4 Å². The molecule has 1 aromatic heterocycles. The van der Waals surface area contributed by atoms with E-state index in [0.29, 0.717) is 59.6 Å². The highest BCUT2D eigenvalue weighted by atomic mass is 16.6. The Hall–Kier alpha value is -3.73. The number of carboxylic acid groups (broad SMARTS) is 1.